The molecule has 1 heterocycles. The molecule has 1 fully saturated rings. The molecule has 0 aromatic heterocycles. The molecule has 0 saturated carbocycles. The second-order valence-corrected chi connectivity index (χ2v) is 7.65. The first-order valence-corrected chi connectivity index (χ1v) is 9.60. The van der Waals surface area contributed by atoms with E-state index in [9.17, 15) is 4.79 Å². The molecule has 0 spiro atoms. The number of benzene rings is 2. The number of rotatable bonds is 5. The molecule has 2 aromatic rings. The molecule has 0 aliphatic carbocycles. The van der Waals surface area contributed by atoms with Crippen LogP contribution in [0.5, 0.6) is 0 Å². The third-order valence-electron chi connectivity index (χ3n) is 5.50. The van der Waals surface area contributed by atoms with Gasteiger partial charge >= 0.3 is 0 Å². The van der Waals surface area contributed by atoms with Crippen LogP contribution in [-0.2, 0) is 0 Å². The van der Waals surface area contributed by atoms with Crippen molar-refractivity contribution in [2.24, 2.45) is 0 Å². The van der Waals surface area contributed by atoms with Crippen LogP contribution in [-0.4, -0.2) is 45.7 Å². The monoisotopic (exact) mass is 353 g/mol. The summed E-state index contributed by atoms with van der Waals surface area (Å²) in [5.41, 5.74) is 4.49. The SMILES string of the molecule is Cc1ccc(C(=O)NC[C@H](c2ccc(C)cc2)[NH+]2CC[NH+](C)CC2)cc1. The molecule has 26 heavy (non-hydrogen) atoms. The van der Waals surface area contributed by atoms with Crippen LogP contribution < -0.4 is 15.1 Å². The average Bonchev–Trinajstić information content (AvgIpc) is 2.65. The smallest absolute Gasteiger partial charge is 0.251 e. The summed E-state index contributed by atoms with van der Waals surface area (Å²) < 4.78 is 0. The van der Waals surface area contributed by atoms with E-state index >= 15 is 0 Å². The molecule has 0 radical (unpaired) electrons. The molecule has 4 heteroatoms. The summed E-state index contributed by atoms with van der Waals surface area (Å²) in [7, 11) is 2.26. The lowest BCUT2D eigenvalue weighted by molar-refractivity contribution is -1.02. The number of amides is 1. The van der Waals surface area contributed by atoms with Crippen LogP contribution in [0.15, 0.2) is 48.5 Å². The molecular formula is C22H31N3O+2. The molecule has 138 valence electrons. The number of piperazine rings is 1. The highest BCUT2D eigenvalue weighted by molar-refractivity contribution is 5.94. The van der Waals surface area contributed by atoms with Gasteiger partial charge in [0.25, 0.3) is 5.91 Å². The van der Waals surface area contributed by atoms with Crippen LogP contribution >= 0.6 is 0 Å². The highest BCUT2D eigenvalue weighted by Gasteiger charge is 2.29. The van der Waals surface area contributed by atoms with Crippen LogP contribution in [0.3, 0.4) is 0 Å². The fourth-order valence-corrected chi connectivity index (χ4v) is 3.64. The van der Waals surface area contributed by atoms with Crippen LogP contribution in [0.4, 0.5) is 0 Å². The normalized spacial score (nSPS) is 21.2. The van der Waals surface area contributed by atoms with Gasteiger partial charge in [-0.1, -0.05) is 47.5 Å². The van der Waals surface area contributed by atoms with Gasteiger partial charge in [-0.05, 0) is 26.0 Å². The topological polar surface area (TPSA) is 38.0 Å². The van der Waals surface area contributed by atoms with Crippen molar-refractivity contribution in [3.63, 3.8) is 0 Å². The molecule has 3 rings (SSSR count). The number of carbonyl (C=O) groups is 1. The number of hydrogen-bond donors (Lipinski definition) is 3. The first-order chi connectivity index (χ1) is 12.5. The van der Waals surface area contributed by atoms with E-state index in [0.29, 0.717) is 12.6 Å². The maximum atomic E-state index is 12.6. The predicted molar refractivity (Wildman–Crippen MR) is 105 cm³/mol. The van der Waals surface area contributed by atoms with E-state index in [2.05, 4.69) is 43.6 Å². The van der Waals surface area contributed by atoms with Crippen molar-refractivity contribution in [3.05, 3.63) is 70.8 Å². The Hall–Kier alpha value is -2.17. The van der Waals surface area contributed by atoms with Gasteiger partial charge in [-0.2, -0.15) is 0 Å². The van der Waals surface area contributed by atoms with Crippen LogP contribution in [0.25, 0.3) is 0 Å². The van der Waals surface area contributed by atoms with E-state index in [1.54, 1.807) is 9.80 Å². The lowest BCUT2D eigenvalue weighted by Crippen LogP contribution is -3.27. The summed E-state index contributed by atoms with van der Waals surface area (Å²) in [6.07, 6.45) is 0. The molecule has 2 aromatic carbocycles. The minimum absolute atomic E-state index is 0.0151. The molecule has 3 N–H and O–H groups in total. The maximum absolute atomic E-state index is 12.6. The van der Waals surface area contributed by atoms with Gasteiger partial charge in [-0.3, -0.25) is 4.79 Å². The zero-order valence-electron chi connectivity index (χ0n) is 16.1. The molecule has 1 atom stereocenters. The fraction of sp³-hybridized carbons (Fsp3) is 0.409. The standard InChI is InChI=1S/C22H29N3O/c1-17-4-8-19(9-5-17)21(25-14-12-24(3)13-15-25)16-23-22(26)20-10-6-18(2)7-11-20/h4-11,21H,12-16H2,1-3H3,(H,23,26)/p+2/t21-/m1/s1. The highest BCUT2D eigenvalue weighted by atomic mass is 16.1. The van der Waals surface area contributed by atoms with Crippen molar-refractivity contribution in [1.82, 2.24) is 5.32 Å². The number of likely N-dealkylation sites (N-methyl/N-ethyl adjacent to an activating group) is 1. The van der Waals surface area contributed by atoms with Crippen LogP contribution in [0.2, 0.25) is 0 Å². The van der Waals surface area contributed by atoms with Crippen molar-refractivity contribution in [2.75, 3.05) is 39.8 Å². The number of aryl methyl sites for hydroxylation is 2. The van der Waals surface area contributed by atoms with Crippen molar-refractivity contribution in [3.8, 4) is 0 Å². The minimum Gasteiger partial charge on any atom is -0.346 e. The molecule has 1 saturated heterocycles. The number of nitrogens with one attached hydrogen (secondary N) is 3. The minimum atomic E-state index is 0.0151. The molecule has 1 aliphatic heterocycles. The van der Waals surface area contributed by atoms with Gasteiger partial charge < -0.3 is 15.1 Å². The Kier molecular flexibility index (Phi) is 6.07. The Morgan fingerprint density at radius 2 is 1.46 bits per heavy atom. The quantitative estimate of drug-likeness (QED) is 0.705. The number of hydrogen-bond acceptors (Lipinski definition) is 1. The number of carbonyl (C=O) groups excluding carboxylic acids is 1. The highest BCUT2D eigenvalue weighted by Crippen LogP contribution is 2.11. The Balaban J connectivity index is 1.71. The summed E-state index contributed by atoms with van der Waals surface area (Å²) in [4.78, 5) is 15.7. The van der Waals surface area contributed by atoms with Crippen molar-refractivity contribution >= 4 is 5.91 Å². The van der Waals surface area contributed by atoms with E-state index < -0.39 is 0 Å². The van der Waals surface area contributed by atoms with Gasteiger partial charge in [0.2, 0.25) is 0 Å². The largest absolute Gasteiger partial charge is 0.346 e. The third-order valence-corrected chi connectivity index (χ3v) is 5.50. The van der Waals surface area contributed by atoms with E-state index in [4.69, 9.17) is 0 Å². The van der Waals surface area contributed by atoms with Crippen LogP contribution in [0.1, 0.15) is 33.1 Å². The summed E-state index contributed by atoms with van der Waals surface area (Å²) in [5.74, 6) is 0.0151. The predicted octanol–water partition coefficient (Wildman–Crippen LogP) is 0.188. The Bertz CT molecular complexity index is 716. The van der Waals surface area contributed by atoms with Gasteiger partial charge in [0.1, 0.15) is 32.2 Å². The van der Waals surface area contributed by atoms with Gasteiger partial charge in [-0.25, -0.2) is 0 Å². The first kappa shape index (κ1) is 18.6. The summed E-state index contributed by atoms with van der Waals surface area (Å²) in [5, 5.41) is 3.17. The molecule has 0 bridgehead atoms. The molecule has 0 unspecified atom stereocenters. The zero-order chi connectivity index (χ0) is 18.5. The molecule has 1 aliphatic rings. The molecule has 4 nitrogen and oxygen atoms in total. The second kappa shape index (κ2) is 8.47. The van der Waals surface area contributed by atoms with Crippen LogP contribution in [0, 0.1) is 13.8 Å². The average molecular weight is 354 g/mol. The Morgan fingerprint density at radius 3 is 2.04 bits per heavy atom. The fourth-order valence-electron chi connectivity index (χ4n) is 3.64. The lowest BCUT2D eigenvalue weighted by Gasteiger charge is -2.33. The zero-order valence-corrected chi connectivity index (χ0v) is 16.1. The van der Waals surface area contributed by atoms with E-state index in [1.165, 1.54) is 29.8 Å². The Morgan fingerprint density at radius 1 is 0.923 bits per heavy atom. The third kappa shape index (κ3) is 4.71. The molecule has 1 amide bonds. The van der Waals surface area contributed by atoms with Crippen molar-refractivity contribution in [2.45, 2.75) is 19.9 Å². The Labute approximate surface area is 156 Å². The van der Waals surface area contributed by atoms with Crippen molar-refractivity contribution < 1.29 is 14.6 Å². The van der Waals surface area contributed by atoms with Gasteiger partial charge in [-0.15, -0.1) is 0 Å². The summed E-state index contributed by atoms with van der Waals surface area (Å²) in [6.45, 7) is 9.48. The summed E-state index contributed by atoms with van der Waals surface area (Å²) >= 11 is 0. The van der Waals surface area contributed by atoms with Gasteiger partial charge in [0.15, 0.2) is 0 Å². The van der Waals surface area contributed by atoms with Crippen molar-refractivity contribution in [1.29, 1.82) is 0 Å². The molecular weight excluding hydrogens is 322 g/mol. The first-order valence-electron chi connectivity index (χ1n) is 9.60. The van der Waals surface area contributed by atoms with E-state index in [1.807, 2.05) is 31.2 Å². The number of quaternary nitrogens is 2. The second-order valence-electron chi connectivity index (χ2n) is 7.65. The van der Waals surface area contributed by atoms with Gasteiger partial charge in [0.05, 0.1) is 13.6 Å². The summed E-state index contributed by atoms with van der Waals surface area (Å²) in [6, 6.07) is 16.9. The van der Waals surface area contributed by atoms with E-state index in [-0.39, 0.29) is 5.91 Å². The maximum Gasteiger partial charge on any atom is 0.251 e. The van der Waals surface area contributed by atoms with Gasteiger partial charge in [0, 0.05) is 11.1 Å². The van der Waals surface area contributed by atoms with E-state index in [0.717, 1.165) is 18.7 Å². The lowest BCUT2D eigenvalue weighted by atomic mass is 10.0.